The van der Waals surface area contributed by atoms with E-state index in [4.69, 9.17) is 0 Å². The number of rotatable bonds is 2. The number of hydrogen-bond acceptors (Lipinski definition) is 3. The normalized spacial score (nSPS) is 21.4. The molecule has 4 heteroatoms. The van der Waals surface area contributed by atoms with Gasteiger partial charge in [-0.1, -0.05) is 0 Å². The maximum absolute atomic E-state index is 13.2. The van der Waals surface area contributed by atoms with Crippen molar-refractivity contribution in [1.29, 1.82) is 0 Å². The van der Waals surface area contributed by atoms with Crippen molar-refractivity contribution < 1.29 is 9.18 Å². The molecule has 0 radical (unpaired) electrons. The van der Waals surface area contributed by atoms with E-state index in [0.29, 0.717) is 24.3 Å². The second kappa shape index (κ2) is 4.38. The van der Waals surface area contributed by atoms with Crippen LogP contribution in [0.3, 0.4) is 0 Å². The third-order valence-electron chi connectivity index (χ3n) is 2.61. The summed E-state index contributed by atoms with van der Waals surface area (Å²) in [5, 5.41) is 0. The number of hydrogen-bond donors (Lipinski definition) is 0. The molecule has 2 heterocycles. The van der Waals surface area contributed by atoms with Crippen molar-refractivity contribution in [3.8, 4) is 0 Å². The van der Waals surface area contributed by atoms with Crippen LogP contribution in [-0.4, -0.2) is 30.5 Å². The summed E-state index contributed by atoms with van der Waals surface area (Å²) in [6.07, 6.45) is 3.02. The lowest BCUT2D eigenvalue weighted by atomic mass is 10.1. The number of aldehydes is 1. The lowest BCUT2D eigenvalue weighted by Gasteiger charge is -2.30. The maximum atomic E-state index is 13.2. The lowest BCUT2D eigenvalue weighted by molar-refractivity contribution is 0.112. The number of alkyl halides is 1. The second-order valence-electron chi connectivity index (χ2n) is 3.72. The predicted molar refractivity (Wildman–Crippen MR) is 56.0 cm³/mol. The van der Waals surface area contributed by atoms with E-state index in [1.807, 2.05) is 4.90 Å². The summed E-state index contributed by atoms with van der Waals surface area (Å²) >= 11 is 0. The van der Waals surface area contributed by atoms with Gasteiger partial charge in [0.25, 0.3) is 0 Å². The first-order valence-electron chi connectivity index (χ1n) is 5.10. The number of halogens is 1. The zero-order valence-electron chi connectivity index (χ0n) is 8.40. The summed E-state index contributed by atoms with van der Waals surface area (Å²) in [5.41, 5.74) is 0.534. The van der Waals surface area contributed by atoms with E-state index in [1.165, 1.54) is 0 Å². The van der Waals surface area contributed by atoms with Gasteiger partial charge in [-0.15, -0.1) is 0 Å². The zero-order valence-corrected chi connectivity index (χ0v) is 8.40. The molecule has 0 amide bonds. The van der Waals surface area contributed by atoms with Crippen LogP contribution in [0.25, 0.3) is 0 Å². The molecule has 3 nitrogen and oxygen atoms in total. The van der Waals surface area contributed by atoms with Gasteiger partial charge in [-0.3, -0.25) is 4.79 Å². The number of aromatic nitrogens is 1. The van der Waals surface area contributed by atoms with Gasteiger partial charge in [0, 0.05) is 12.7 Å². The van der Waals surface area contributed by atoms with Crippen LogP contribution in [0.4, 0.5) is 10.2 Å². The lowest BCUT2D eigenvalue weighted by Crippen LogP contribution is -2.37. The summed E-state index contributed by atoms with van der Waals surface area (Å²) in [4.78, 5) is 16.8. The Labute approximate surface area is 87.9 Å². The van der Waals surface area contributed by atoms with Crippen LogP contribution in [0.5, 0.6) is 0 Å². The van der Waals surface area contributed by atoms with Gasteiger partial charge in [-0.05, 0) is 25.0 Å². The second-order valence-corrected chi connectivity index (χ2v) is 3.72. The van der Waals surface area contributed by atoms with Gasteiger partial charge in [-0.2, -0.15) is 0 Å². The van der Waals surface area contributed by atoms with Crippen LogP contribution in [0.15, 0.2) is 18.3 Å². The van der Waals surface area contributed by atoms with Gasteiger partial charge in [0.1, 0.15) is 12.0 Å². The van der Waals surface area contributed by atoms with Crippen LogP contribution >= 0.6 is 0 Å². The Balaban J connectivity index is 2.24. The average molecular weight is 208 g/mol. The number of anilines is 1. The van der Waals surface area contributed by atoms with Crippen molar-refractivity contribution in [3.05, 3.63) is 23.9 Å². The molecular formula is C11H13FN2O. The Kier molecular flexibility index (Phi) is 2.94. The molecule has 0 aromatic carbocycles. The van der Waals surface area contributed by atoms with E-state index < -0.39 is 6.17 Å². The Hall–Kier alpha value is -1.45. The molecule has 1 atom stereocenters. The van der Waals surface area contributed by atoms with Gasteiger partial charge < -0.3 is 4.90 Å². The highest BCUT2D eigenvalue weighted by Crippen LogP contribution is 2.21. The van der Waals surface area contributed by atoms with Crippen molar-refractivity contribution in [2.75, 3.05) is 18.0 Å². The summed E-state index contributed by atoms with van der Waals surface area (Å²) < 4.78 is 13.2. The number of carbonyl (C=O) groups excluding carboxylic acids is 1. The molecule has 0 spiro atoms. The monoisotopic (exact) mass is 208 g/mol. The van der Waals surface area contributed by atoms with E-state index in [0.717, 1.165) is 19.3 Å². The highest BCUT2D eigenvalue weighted by Gasteiger charge is 2.21. The van der Waals surface area contributed by atoms with E-state index in [-0.39, 0.29) is 0 Å². The summed E-state index contributed by atoms with van der Waals surface area (Å²) in [6, 6.07) is 3.42. The first kappa shape index (κ1) is 10.1. The minimum absolute atomic E-state index is 0.345. The minimum atomic E-state index is -0.805. The molecule has 1 aromatic heterocycles. The standard InChI is InChI=1S/C11H13FN2O/c12-10-4-2-6-14(7-10)11-9(8-15)3-1-5-13-11/h1,3,5,8,10H,2,4,6-7H2. The highest BCUT2D eigenvalue weighted by atomic mass is 19.1. The number of pyridine rings is 1. The fourth-order valence-electron chi connectivity index (χ4n) is 1.88. The smallest absolute Gasteiger partial charge is 0.153 e. The molecule has 1 aliphatic rings. The fourth-order valence-corrected chi connectivity index (χ4v) is 1.88. The van der Waals surface area contributed by atoms with Gasteiger partial charge in [0.15, 0.2) is 6.29 Å². The van der Waals surface area contributed by atoms with Gasteiger partial charge in [0.05, 0.1) is 12.1 Å². The molecule has 0 bridgehead atoms. The minimum Gasteiger partial charge on any atom is -0.353 e. The Morgan fingerprint density at radius 2 is 2.47 bits per heavy atom. The van der Waals surface area contributed by atoms with Crippen molar-refractivity contribution in [3.63, 3.8) is 0 Å². The van der Waals surface area contributed by atoms with Crippen LogP contribution < -0.4 is 4.90 Å². The number of nitrogens with zero attached hydrogens (tertiary/aromatic N) is 2. The first-order valence-corrected chi connectivity index (χ1v) is 5.10. The molecule has 80 valence electrons. The molecule has 1 fully saturated rings. The topological polar surface area (TPSA) is 33.2 Å². The average Bonchev–Trinajstić information content (AvgIpc) is 2.29. The SMILES string of the molecule is O=Cc1cccnc1N1CCCC(F)C1. The number of piperidine rings is 1. The predicted octanol–water partition coefficient (Wildman–Crippen LogP) is 1.83. The third kappa shape index (κ3) is 2.14. The van der Waals surface area contributed by atoms with Gasteiger partial charge in [0.2, 0.25) is 0 Å². The molecule has 0 saturated carbocycles. The maximum Gasteiger partial charge on any atom is 0.153 e. The summed E-state index contributed by atoms with van der Waals surface area (Å²) in [6.45, 7) is 1.12. The Morgan fingerprint density at radius 1 is 1.60 bits per heavy atom. The molecule has 15 heavy (non-hydrogen) atoms. The van der Waals surface area contributed by atoms with Gasteiger partial charge in [-0.25, -0.2) is 9.37 Å². The Bertz CT molecular complexity index is 356. The molecule has 1 saturated heterocycles. The van der Waals surface area contributed by atoms with Crippen LogP contribution in [0.2, 0.25) is 0 Å². The van der Waals surface area contributed by atoms with Crippen molar-refractivity contribution in [2.45, 2.75) is 19.0 Å². The van der Waals surface area contributed by atoms with E-state index in [1.54, 1.807) is 18.3 Å². The van der Waals surface area contributed by atoms with Crippen molar-refractivity contribution in [1.82, 2.24) is 4.98 Å². The fraction of sp³-hybridized carbons (Fsp3) is 0.455. The molecule has 1 unspecified atom stereocenters. The summed E-state index contributed by atoms with van der Waals surface area (Å²) in [7, 11) is 0. The molecule has 1 aromatic rings. The molecular weight excluding hydrogens is 195 g/mol. The molecule has 1 aliphatic heterocycles. The first-order chi connectivity index (χ1) is 7.31. The molecule has 0 aliphatic carbocycles. The Morgan fingerprint density at radius 3 is 3.20 bits per heavy atom. The van der Waals surface area contributed by atoms with Crippen LogP contribution in [-0.2, 0) is 0 Å². The quantitative estimate of drug-likeness (QED) is 0.695. The highest BCUT2D eigenvalue weighted by molar-refractivity contribution is 5.82. The van der Waals surface area contributed by atoms with Crippen molar-refractivity contribution in [2.24, 2.45) is 0 Å². The third-order valence-corrected chi connectivity index (χ3v) is 2.61. The van der Waals surface area contributed by atoms with E-state index in [9.17, 15) is 9.18 Å². The van der Waals surface area contributed by atoms with Crippen molar-refractivity contribution >= 4 is 12.1 Å². The number of carbonyl (C=O) groups is 1. The summed E-state index contributed by atoms with van der Waals surface area (Å²) in [5.74, 6) is 0.606. The van der Waals surface area contributed by atoms with E-state index >= 15 is 0 Å². The molecule has 0 N–H and O–H groups in total. The largest absolute Gasteiger partial charge is 0.353 e. The van der Waals surface area contributed by atoms with Crippen LogP contribution in [0, 0.1) is 0 Å². The van der Waals surface area contributed by atoms with Gasteiger partial charge >= 0.3 is 0 Å². The molecule has 2 rings (SSSR count). The van der Waals surface area contributed by atoms with Crippen LogP contribution in [0.1, 0.15) is 23.2 Å². The zero-order chi connectivity index (χ0) is 10.7. The van der Waals surface area contributed by atoms with E-state index in [2.05, 4.69) is 4.98 Å².